The van der Waals surface area contributed by atoms with E-state index in [0.717, 1.165) is 23.6 Å². The van der Waals surface area contributed by atoms with Crippen molar-refractivity contribution in [2.24, 2.45) is 11.7 Å². The number of rotatable bonds is 15. The molecule has 4 aromatic carbocycles. The van der Waals surface area contributed by atoms with Gasteiger partial charge in [0.2, 0.25) is 24.6 Å². The lowest BCUT2D eigenvalue weighted by Gasteiger charge is -2.41. The van der Waals surface area contributed by atoms with Crippen molar-refractivity contribution in [2.45, 2.75) is 52.5 Å². The molecule has 1 saturated heterocycles. The van der Waals surface area contributed by atoms with Gasteiger partial charge in [-0.1, -0.05) is 92.7 Å². The quantitative estimate of drug-likeness (QED) is 0.0749. The number of nitrogens with two attached hydrogens (primary N) is 1. The van der Waals surface area contributed by atoms with Crippen molar-refractivity contribution in [3.63, 3.8) is 0 Å². The third kappa shape index (κ3) is 13.3. The number of ketones is 2. The van der Waals surface area contributed by atoms with E-state index in [0.29, 0.717) is 35.6 Å². The number of carbonyl (C=O) groups is 7. The van der Waals surface area contributed by atoms with Gasteiger partial charge in [-0.05, 0) is 90.9 Å². The maximum atomic E-state index is 15.5. The van der Waals surface area contributed by atoms with Crippen LogP contribution < -0.4 is 20.9 Å². The number of piperazine rings is 1. The summed E-state index contributed by atoms with van der Waals surface area (Å²) < 4.78 is 21.1. The van der Waals surface area contributed by atoms with Crippen LogP contribution in [-0.2, 0) is 19.2 Å². The lowest BCUT2D eigenvalue weighted by molar-refractivity contribution is -0.133. The highest BCUT2D eigenvalue weighted by Gasteiger charge is 2.42. The van der Waals surface area contributed by atoms with Crippen molar-refractivity contribution in [3.05, 3.63) is 174 Å². The van der Waals surface area contributed by atoms with Gasteiger partial charge in [0.15, 0.2) is 17.3 Å². The van der Waals surface area contributed by atoms with Crippen molar-refractivity contribution < 1.29 is 42.4 Å². The highest BCUT2D eigenvalue weighted by Crippen LogP contribution is 2.42. The minimum atomic E-state index is -0.902. The van der Waals surface area contributed by atoms with Crippen molar-refractivity contribution in [3.8, 4) is 11.1 Å². The molecule has 1 unspecified atom stereocenters. The van der Waals surface area contributed by atoms with Crippen LogP contribution in [0.3, 0.4) is 0 Å². The number of imide groups is 1. The Morgan fingerprint density at radius 2 is 1.37 bits per heavy atom. The van der Waals surface area contributed by atoms with Crippen LogP contribution >= 0.6 is 0 Å². The lowest BCUT2D eigenvalue weighted by Crippen LogP contribution is -2.52. The van der Waals surface area contributed by atoms with Gasteiger partial charge in [-0.15, -0.1) is 0 Å². The zero-order valence-electron chi connectivity index (χ0n) is 38.4. The molecular weight excluding hydrogens is 868 g/mol. The molecule has 352 valence electrons. The fourth-order valence-corrected chi connectivity index (χ4v) is 7.84. The summed E-state index contributed by atoms with van der Waals surface area (Å²) in [4.78, 5) is 92.9. The minimum Gasteiger partial charge on any atom is -0.459 e. The Labute approximate surface area is 395 Å². The summed E-state index contributed by atoms with van der Waals surface area (Å²) in [6, 6.07) is 35.5. The molecule has 0 aliphatic carbocycles. The summed E-state index contributed by atoms with van der Waals surface area (Å²) in [6.07, 6.45) is 6.70. The van der Waals surface area contributed by atoms with Gasteiger partial charge in [0.05, 0.1) is 23.9 Å². The largest absolute Gasteiger partial charge is 0.459 e. The number of benzene rings is 4. The first-order chi connectivity index (χ1) is 32.8. The molecule has 0 saturated carbocycles. The number of nitrogens with one attached hydrogen (secondary N) is 1. The molecule has 0 bridgehead atoms. The second kappa shape index (κ2) is 25.0. The molecule has 1 fully saturated rings. The van der Waals surface area contributed by atoms with E-state index >= 15 is 9.18 Å². The first-order valence-electron chi connectivity index (χ1n) is 22.0. The van der Waals surface area contributed by atoms with E-state index in [1.54, 1.807) is 45.3 Å². The Kier molecular flexibility index (Phi) is 18.7. The SMILES string of the molecule is CC(=O)c1cc(F)c(N2CCN(C(=O)C(c3ccccc3)[C@@H](c3cccnc3)N(C(=O)c3ccco3)c3ccc(-c4ccccc4)cc3)CC2)cc1C(C)=O.CC(C)CCC(=O)NC=O.NC=O. The number of carbonyl (C=O) groups excluding carboxylic acids is 7. The molecule has 0 spiro atoms. The highest BCUT2D eigenvalue weighted by molar-refractivity contribution is 6.08. The molecule has 68 heavy (non-hydrogen) atoms. The summed E-state index contributed by atoms with van der Waals surface area (Å²) in [5.74, 6) is -2.48. The van der Waals surface area contributed by atoms with Crippen LogP contribution in [0.2, 0.25) is 0 Å². The van der Waals surface area contributed by atoms with Crippen LogP contribution in [0.1, 0.15) is 94.9 Å². The Bertz CT molecular complexity index is 2620. The molecule has 0 radical (unpaired) electrons. The summed E-state index contributed by atoms with van der Waals surface area (Å²) in [5, 5.41) is 2.08. The number of primary amides is 1. The van der Waals surface area contributed by atoms with E-state index in [4.69, 9.17) is 9.21 Å². The number of hydrogen-bond donors (Lipinski definition) is 2. The van der Waals surface area contributed by atoms with E-state index in [1.165, 1.54) is 26.2 Å². The van der Waals surface area contributed by atoms with Gasteiger partial charge in [-0.25, -0.2) is 4.39 Å². The average Bonchev–Trinajstić information content (AvgIpc) is 3.90. The normalized spacial score (nSPS) is 12.8. The molecule has 1 aliphatic heterocycles. The van der Waals surface area contributed by atoms with Crippen LogP contribution in [-0.4, -0.2) is 78.2 Å². The van der Waals surface area contributed by atoms with E-state index in [2.05, 4.69) is 16.0 Å². The number of hydrogen-bond acceptors (Lipinski definition) is 10. The van der Waals surface area contributed by atoms with Gasteiger partial charge in [0.1, 0.15) is 5.82 Å². The number of amides is 5. The van der Waals surface area contributed by atoms with Gasteiger partial charge in [-0.2, -0.15) is 0 Å². The zero-order valence-corrected chi connectivity index (χ0v) is 38.4. The summed E-state index contributed by atoms with van der Waals surface area (Å²) >= 11 is 0. The first kappa shape index (κ1) is 50.9. The zero-order chi connectivity index (χ0) is 49.2. The van der Waals surface area contributed by atoms with Crippen LogP contribution in [0.25, 0.3) is 11.1 Å². The predicted molar refractivity (Wildman–Crippen MR) is 257 cm³/mol. The highest BCUT2D eigenvalue weighted by atomic mass is 19.1. The van der Waals surface area contributed by atoms with E-state index < -0.39 is 29.5 Å². The maximum Gasteiger partial charge on any atom is 0.294 e. The second-order valence-corrected chi connectivity index (χ2v) is 16.2. The maximum absolute atomic E-state index is 15.5. The molecule has 1 aliphatic rings. The molecule has 3 N–H and O–H groups in total. The molecule has 2 atom stereocenters. The average molecular weight is 923 g/mol. The molecule has 7 rings (SSSR count). The van der Waals surface area contributed by atoms with E-state index in [9.17, 15) is 24.0 Å². The molecular formula is C53H55FN6O8. The molecule has 5 amide bonds. The summed E-state index contributed by atoms with van der Waals surface area (Å²) in [6.45, 7) is 7.74. The van der Waals surface area contributed by atoms with Crippen molar-refractivity contribution in [1.82, 2.24) is 15.2 Å². The molecule has 2 aromatic heterocycles. The Morgan fingerprint density at radius 1 is 0.779 bits per heavy atom. The summed E-state index contributed by atoms with van der Waals surface area (Å²) in [7, 11) is 0. The fourth-order valence-electron chi connectivity index (χ4n) is 7.84. The van der Waals surface area contributed by atoms with E-state index in [1.807, 2.05) is 105 Å². The number of halogens is 1. The number of nitrogens with zero attached hydrogens (tertiary/aromatic N) is 4. The smallest absolute Gasteiger partial charge is 0.294 e. The number of anilines is 2. The monoisotopic (exact) mass is 922 g/mol. The first-order valence-corrected chi connectivity index (χ1v) is 22.0. The van der Waals surface area contributed by atoms with Gasteiger partial charge >= 0.3 is 0 Å². The topological polar surface area (TPSA) is 193 Å². The minimum absolute atomic E-state index is 0.0399. The van der Waals surface area contributed by atoms with Gasteiger partial charge in [0, 0.05) is 61.8 Å². The van der Waals surface area contributed by atoms with Crippen LogP contribution in [0.15, 0.2) is 144 Å². The molecule has 6 aromatic rings. The van der Waals surface area contributed by atoms with Crippen molar-refractivity contribution in [2.75, 3.05) is 36.0 Å². The Morgan fingerprint density at radius 3 is 1.91 bits per heavy atom. The van der Waals surface area contributed by atoms with Gasteiger partial charge in [-0.3, -0.25) is 48.8 Å². The van der Waals surface area contributed by atoms with Crippen molar-refractivity contribution in [1.29, 1.82) is 0 Å². The third-order valence-electron chi connectivity index (χ3n) is 11.2. The number of furan rings is 1. The van der Waals surface area contributed by atoms with Gasteiger partial charge in [0.25, 0.3) is 5.91 Å². The molecule has 15 heteroatoms. The number of Topliss-reactive ketones (excluding diaryl/α,β-unsaturated/α-hetero) is 2. The van der Waals surface area contributed by atoms with Crippen LogP contribution in [0.5, 0.6) is 0 Å². The molecule has 14 nitrogen and oxygen atoms in total. The fraction of sp³-hybridized carbons (Fsp3) is 0.245. The third-order valence-corrected chi connectivity index (χ3v) is 11.2. The lowest BCUT2D eigenvalue weighted by atomic mass is 9.84. The molecule has 3 heterocycles. The predicted octanol–water partition coefficient (Wildman–Crippen LogP) is 8.20. The number of aromatic nitrogens is 1. The van der Waals surface area contributed by atoms with Gasteiger partial charge < -0.3 is 20.0 Å². The van der Waals surface area contributed by atoms with Crippen molar-refractivity contribution >= 4 is 53.5 Å². The summed E-state index contributed by atoms with van der Waals surface area (Å²) in [5.41, 5.74) is 8.43. The van der Waals surface area contributed by atoms with Crippen LogP contribution in [0.4, 0.5) is 15.8 Å². The number of pyridine rings is 1. The standard InChI is InChI=1S/C45H39FN4O5.C7H13NO2.CH3NO/c1-30(51)37-27-39(46)40(28-38(37)31(2)52)48-22-24-49(25-23-48)45(54)42(34-13-7-4-8-14-34)43(35-15-9-21-47-29-35)50(44(53)41-16-10-26-55-41)36-19-17-33(18-20-36)32-11-5-3-6-12-32;1-6(2)3-4-7(10)8-5-9;2-1-3/h3-21,26-29,42-43H,22-25H2,1-2H3;5-6H,3-4H2,1-2H3,(H,8,9,10);1H,(H2,2,3)/t42?,43-;;/m1../s1. The van der Waals surface area contributed by atoms with Crippen LogP contribution in [0, 0.1) is 11.7 Å². The second-order valence-electron chi connectivity index (χ2n) is 16.2. The Balaban J connectivity index is 0.000000585. The van der Waals surface area contributed by atoms with E-state index in [-0.39, 0.29) is 72.8 Å². The Hall–Kier alpha value is -8.07.